The van der Waals surface area contributed by atoms with Gasteiger partial charge >= 0.3 is 0 Å². The van der Waals surface area contributed by atoms with Crippen LogP contribution in [0.2, 0.25) is 0 Å². The molecule has 21 heavy (non-hydrogen) atoms. The monoisotopic (exact) mass is 366 g/mol. The molecule has 0 saturated heterocycles. The van der Waals surface area contributed by atoms with Crippen LogP contribution in [0.4, 0.5) is 0 Å². The first-order valence-corrected chi connectivity index (χ1v) is 7.93. The van der Waals surface area contributed by atoms with E-state index in [0.717, 1.165) is 21.3 Å². The van der Waals surface area contributed by atoms with Crippen LogP contribution in [-0.2, 0) is 11.3 Å². The van der Waals surface area contributed by atoms with Crippen molar-refractivity contribution in [2.45, 2.75) is 6.61 Å². The SMILES string of the molecule is COCc1cc(/C=C/C(=O)c2cc(Br)cs2)ccc1OC. The highest BCUT2D eigenvalue weighted by atomic mass is 79.9. The zero-order chi connectivity index (χ0) is 15.2. The van der Waals surface area contributed by atoms with Crippen LogP contribution in [0.3, 0.4) is 0 Å². The van der Waals surface area contributed by atoms with Crippen molar-refractivity contribution >= 4 is 39.1 Å². The molecular formula is C16H15BrO3S. The summed E-state index contributed by atoms with van der Waals surface area (Å²) in [5, 5.41) is 1.89. The number of methoxy groups -OCH3 is 2. The van der Waals surface area contributed by atoms with Crippen LogP contribution in [0.15, 0.2) is 40.2 Å². The van der Waals surface area contributed by atoms with Crippen LogP contribution in [0.5, 0.6) is 5.75 Å². The highest BCUT2D eigenvalue weighted by Crippen LogP contribution is 2.23. The van der Waals surface area contributed by atoms with Crippen molar-refractivity contribution in [3.63, 3.8) is 0 Å². The molecule has 0 saturated carbocycles. The first-order chi connectivity index (χ1) is 10.1. The maximum Gasteiger partial charge on any atom is 0.195 e. The van der Waals surface area contributed by atoms with E-state index in [-0.39, 0.29) is 5.78 Å². The molecule has 3 nitrogen and oxygen atoms in total. The molecule has 1 aromatic heterocycles. The second kappa shape index (κ2) is 7.54. The lowest BCUT2D eigenvalue weighted by Crippen LogP contribution is -1.95. The van der Waals surface area contributed by atoms with E-state index >= 15 is 0 Å². The molecule has 0 N–H and O–H groups in total. The minimum absolute atomic E-state index is 0.00481. The summed E-state index contributed by atoms with van der Waals surface area (Å²) in [7, 11) is 3.27. The van der Waals surface area contributed by atoms with Crippen LogP contribution >= 0.6 is 27.3 Å². The van der Waals surface area contributed by atoms with Gasteiger partial charge < -0.3 is 9.47 Å². The molecule has 0 aliphatic heterocycles. The standard InChI is InChI=1S/C16H15BrO3S/c1-19-9-12-7-11(4-6-15(12)20-2)3-5-14(18)16-8-13(17)10-21-16/h3-8,10H,9H2,1-2H3/b5-3+. The van der Waals surface area contributed by atoms with Crippen LogP contribution in [0, 0.1) is 0 Å². The Hall–Kier alpha value is -1.43. The van der Waals surface area contributed by atoms with E-state index in [1.54, 1.807) is 26.4 Å². The van der Waals surface area contributed by atoms with Crippen molar-refractivity contribution in [1.82, 2.24) is 0 Å². The minimum Gasteiger partial charge on any atom is -0.496 e. The average Bonchev–Trinajstić information content (AvgIpc) is 2.92. The summed E-state index contributed by atoms with van der Waals surface area (Å²) in [5.41, 5.74) is 1.89. The van der Waals surface area contributed by atoms with Crippen LogP contribution in [0.25, 0.3) is 6.08 Å². The van der Waals surface area contributed by atoms with E-state index in [1.807, 2.05) is 29.6 Å². The summed E-state index contributed by atoms with van der Waals surface area (Å²) in [4.78, 5) is 12.7. The second-order valence-corrected chi connectivity index (χ2v) is 6.16. The molecule has 0 atom stereocenters. The Morgan fingerprint density at radius 1 is 1.33 bits per heavy atom. The van der Waals surface area contributed by atoms with Gasteiger partial charge in [-0.1, -0.05) is 12.1 Å². The average molecular weight is 367 g/mol. The Morgan fingerprint density at radius 2 is 2.14 bits per heavy atom. The lowest BCUT2D eigenvalue weighted by atomic mass is 10.1. The normalized spacial score (nSPS) is 11.0. The van der Waals surface area contributed by atoms with Crippen molar-refractivity contribution in [3.05, 3.63) is 56.2 Å². The summed E-state index contributed by atoms with van der Waals surface area (Å²) in [6, 6.07) is 7.56. The summed E-state index contributed by atoms with van der Waals surface area (Å²) >= 11 is 4.77. The summed E-state index contributed by atoms with van der Waals surface area (Å²) < 4.78 is 11.4. The smallest absolute Gasteiger partial charge is 0.195 e. The van der Waals surface area contributed by atoms with Gasteiger partial charge in [0.15, 0.2) is 5.78 Å². The molecule has 0 unspecified atom stereocenters. The summed E-state index contributed by atoms with van der Waals surface area (Å²) in [6.45, 7) is 0.469. The Morgan fingerprint density at radius 3 is 2.76 bits per heavy atom. The van der Waals surface area contributed by atoms with E-state index < -0.39 is 0 Å². The topological polar surface area (TPSA) is 35.5 Å². The van der Waals surface area contributed by atoms with Crippen molar-refractivity contribution in [3.8, 4) is 5.75 Å². The van der Waals surface area contributed by atoms with E-state index in [1.165, 1.54) is 11.3 Å². The zero-order valence-electron chi connectivity index (χ0n) is 11.8. The summed E-state index contributed by atoms with van der Waals surface area (Å²) in [6.07, 6.45) is 3.38. The van der Waals surface area contributed by atoms with E-state index in [4.69, 9.17) is 9.47 Å². The molecule has 110 valence electrons. The molecule has 0 fully saturated rings. The number of carbonyl (C=O) groups excluding carboxylic acids is 1. The van der Waals surface area contributed by atoms with Gasteiger partial charge in [0.25, 0.3) is 0 Å². The molecule has 0 aliphatic carbocycles. The third-order valence-corrected chi connectivity index (χ3v) is 4.55. The molecule has 0 spiro atoms. The number of thiophene rings is 1. The Kier molecular flexibility index (Phi) is 5.73. The molecule has 1 heterocycles. The fraction of sp³-hybridized carbons (Fsp3) is 0.188. The molecule has 5 heteroatoms. The second-order valence-electron chi connectivity index (χ2n) is 4.33. The minimum atomic E-state index is -0.00481. The van der Waals surface area contributed by atoms with Crippen LogP contribution in [-0.4, -0.2) is 20.0 Å². The van der Waals surface area contributed by atoms with Crippen LogP contribution < -0.4 is 4.74 Å². The molecule has 0 aliphatic rings. The van der Waals surface area contributed by atoms with E-state index in [2.05, 4.69) is 15.9 Å². The lowest BCUT2D eigenvalue weighted by molar-refractivity contribution is 0.105. The zero-order valence-corrected chi connectivity index (χ0v) is 14.2. The molecule has 1 aromatic carbocycles. The number of ether oxygens (including phenoxy) is 2. The van der Waals surface area contributed by atoms with Gasteiger partial charge in [0.2, 0.25) is 0 Å². The van der Waals surface area contributed by atoms with Gasteiger partial charge in [-0.2, -0.15) is 0 Å². The van der Waals surface area contributed by atoms with E-state index in [9.17, 15) is 4.79 Å². The van der Waals surface area contributed by atoms with Crippen molar-refractivity contribution in [1.29, 1.82) is 0 Å². The number of carbonyl (C=O) groups is 1. The molecular weight excluding hydrogens is 352 g/mol. The van der Waals surface area contributed by atoms with E-state index in [0.29, 0.717) is 11.5 Å². The maximum absolute atomic E-state index is 12.0. The maximum atomic E-state index is 12.0. The first kappa shape index (κ1) is 15.9. The molecule has 2 aromatic rings. The Bertz CT molecular complexity index is 661. The fourth-order valence-electron chi connectivity index (χ4n) is 1.87. The lowest BCUT2D eigenvalue weighted by Gasteiger charge is -2.08. The number of allylic oxidation sites excluding steroid dienone is 1. The highest BCUT2D eigenvalue weighted by Gasteiger charge is 2.06. The van der Waals surface area contributed by atoms with Crippen molar-refractivity contribution < 1.29 is 14.3 Å². The quantitative estimate of drug-likeness (QED) is 0.555. The largest absolute Gasteiger partial charge is 0.496 e. The predicted molar refractivity (Wildman–Crippen MR) is 89.1 cm³/mol. The van der Waals surface area contributed by atoms with Gasteiger partial charge in [0.05, 0.1) is 18.6 Å². The van der Waals surface area contributed by atoms with Gasteiger partial charge in [0.1, 0.15) is 5.75 Å². The molecule has 0 radical (unpaired) electrons. The van der Waals surface area contributed by atoms with Gasteiger partial charge in [-0.05, 0) is 45.8 Å². The van der Waals surface area contributed by atoms with Gasteiger partial charge in [0, 0.05) is 22.5 Å². The fourth-order valence-corrected chi connectivity index (χ4v) is 3.21. The van der Waals surface area contributed by atoms with Crippen molar-refractivity contribution in [2.24, 2.45) is 0 Å². The van der Waals surface area contributed by atoms with Crippen LogP contribution in [0.1, 0.15) is 20.8 Å². The molecule has 0 amide bonds. The highest BCUT2D eigenvalue weighted by molar-refractivity contribution is 9.10. The molecule has 2 rings (SSSR count). The number of hydrogen-bond donors (Lipinski definition) is 0. The number of benzene rings is 1. The number of halogens is 1. The van der Waals surface area contributed by atoms with Crippen molar-refractivity contribution in [2.75, 3.05) is 14.2 Å². The third-order valence-electron chi connectivity index (χ3n) is 2.84. The van der Waals surface area contributed by atoms with Gasteiger partial charge in [-0.15, -0.1) is 11.3 Å². The van der Waals surface area contributed by atoms with Gasteiger partial charge in [-0.25, -0.2) is 0 Å². The van der Waals surface area contributed by atoms with Gasteiger partial charge in [-0.3, -0.25) is 4.79 Å². The Balaban J connectivity index is 2.17. The number of ketones is 1. The third kappa shape index (κ3) is 4.27. The predicted octanol–water partition coefficient (Wildman–Crippen LogP) is 4.56. The molecule has 0 bridgehead atoms. The number of rotatable bonds is 6. The number of hydrogen-bond acceptors (Lipinski definition) is 4. The first-order valence-electron chi connectivity index (χ1n) is 6.26. The Labute approximate surface area is 136 Å². The summed E-state index contributed by atoms with van der Waals surface area (Å²) in [5.74, 6) is 0.775.